The number of anilines is 1. The number of phenolic OH excluding ortho intramolecular Hbond substituents is 2. The number of benzene rings is 2. The Balaban J connectivity index is 1.45. The molecule has 1 saturated carbocycles. The quantitative estimate of drug-likeness (QED) is 0.261. The van der Waals surface area contributed by atoms with E-state index in [2.05, 4.69) is 34.6 Å². The average molecular weight is 446 g/mol. The smallest absolute Gasteiger partial charge is 0.268 e. The van der Waals surface area contributed by atoms with Crippen molar-refractivity contribution in [2.45, 2.75) is 38.0 Å². The van der Waals surface area contributed by atoms with Gasteiger partial charge in [0.05, 0.1) is 5.69 Å². The SMILES string of the molecule is N#C/C(=C\c1ccc(O)c(O)c1)C(=O)Nc1nc(-c2ccc(C3CCCCC3)cc2)cs1. The molecule has 7 heteroatoms. The number of phenols is 2. The molecule has 1 aliphatic rings. The number of amides is 1. The maximum absolute atomic E-state index is 12.5. The summed E-state index contributed by atoms with van der Waals surface area (Å²) in [6, 6.07) is 14.4. The summed E-state index contributed by atoms with van der Waals surface area (Å²) in [5, 5.41) is 33.3. The molecular weight excluding hydrogens is 422 g/mol. The second kappa shape index (κ2) is 9.67. The minimum Gasteiger partial charge on any atom is -0.504 e. The number of rotatable bonds is 5. The van der Waals surface area contributed by atoms with Gasteiger partial charge in [-0.25, -0.2) is 4.98 Å². The third kappa shape index (κ3) is 4.98. The van der Waals surface area contributed by atoms with Crippen LogP contribution in [-0.4, -0.2) is 21.1 Å². The molecule has 162 valence electrons. The van der Waals surface area contributed by atoms with E-state index < -0.39 is 5.91 Å². The van der Waals surface area contributed by atoms with Gasteiger partial charge in [0.15, 0.2) is 16.6 Å². The van der Waals surface area contributed by atoms with Gasteiger partial charge in [0.1, 0.15) is 11.6 Å². The standard InChI is InChI=1S/C25H23N3O3S/c26-14-20(12-16-6-11-22(29)23(30)13-16)24(31)28-25-27-21(15-32-25)19-9-7-18(8-10-19)17-4-2-1-3-5-17/h6-13,15,17,29-30H,1-5H2,(H,27,28,31)/b20-12+. The summed E-state index contributed by atoms with van der Waals surface area (Å²) in [5.41, 5.74) is 3.41. The molecule has 1 amide bonds. The first kappa shape index (κ1) is 21.6. The van der Waals surface area contributed by atoms with Crippen molar-refractivity contribution >= 4 is 28.5 Å². The number of nitrogens with one attached hydrogen (secondary N) is 1. The molecule has 1 aliphatic carbocycles. The van der Waals surface area contributed by atoms with Crippen molar-refractivity contribution in [3.05, 3.63) is 64.5 Å². The highest BCUT2D eigenvalue weighted by atomic mass is 32.1. The number of hydrogen-bond acceptors (Lipinski definition) is 6. The Morgan fingerprint density at radius 1 is 1.09 bits per heavy atom. The van der Waals surface area contributed by atoms with Gasteiger partial charge in [-0.05, 0) is 48.1 Å². The molecule has 6 nitrogen and oxygen atoms in total. The van der Waals surface area contributed by atoms with Gasteiger partial charge < -0.3 is 10.2 Å². The van der Waals surface area contributed by atoms with Crippen LogP contribution in [0, 0.1) is 11.3 Å². The van der Waals surface area contributed by atoms with E-state index in [0.29, 0.717) is 16.6 Å². The molecule has 0 bridgehead atoms. The lowest BCUT2D eigenvalue weighted by atomic mass is 9.84. The largest absolute Gasteiger partial charge is 0.504 e. The fourth-order valence-electron chi connectivity index (χ4n) is 3.94. The van der Waals surface area contributed by atoms with Crippen LogP contribution in [0.3, 0.4) is 0 Å². The fourth-order valence-corrected chi connectivity index (χ4v) is 4.65. The number of nitrogens with zero attached hydrogens (tertiary/aromatic N) is 2. The first-order chi connectivity index (χ1) is 15.5. The van der Waals surface area contributed by atoms with Gasteiger partial charge in [-0.3, -0.25) is 10.1 Å². The minimum atomic E-state index is -0.589. The van der Waals surface area contributed by atoms with Crippen molar-refractivity contribution in [3.8, 4) is 28.8 Å². The molecule has 2 aromatic carbocycles. The Hall–Kier alpha value is -3.63. The summed E-state index contributed by atoms with van der Waals surface area (Å²) >= 11 is 1.29. The average Bonchev–Trinajstić information content (AvgIpc) is 3.28. The van der Waals surface area contributed by atoms with Crippen LogP contribution in [0.1, 0.15) is 49.1 Å². The zero-order valence-electron chi connectivity index (χ0n) is 17.4. The monoisotopic (exact) mass is 445 g/mol. The third-order valence-electron chi connectivity index (χ3n) is 5.68. The summed E-state index contributed by atoms with van der Waals surface area (Å²) in [5.74, 6) is -0.536. The molecule has 4 rings (SSSR count). The second-order valence-electron chi connectivity index (χ2n) is 7.87. The van der Waals surface area contributed by atoms with Crippen molar-refractivity contribution in [2.24, 2.45) is 0 Å². The van der Waals surface area contributed by atoms with Crippen LogP contribution < -0.4 is 5.32 Å². The highest BCUT2D eigenvalue weighted by molar-refractivity contribution is 7.14. The summed E-state index contributed by atoms with van der Waals surface area (Å²) in [6.07, 6.45) is 7.79. The highest BCUT2D eigenvalue weighted by Crippen LogP contribution is 2.34. The topological polar surface area (TPSA) is 106 Å². The number of hydrogen-bond donors (Lipinski definition) is 3. The van der Waals surface area contributed by atoms with Gasteiger partial charge in [0, 0.05) is 10.9 Å². The Kier molecular flexibility index (Phi) is 6.52. The molecule has 0 atom stereocenters. The fraction of sp³-hybridized carbons (Fsp3) is 0.240. The molecule has 0 saturated heterocycles. The second-order valence-corrected chi connectivity index (χ2v) is 8.73. The number of thiazole rings is 1. The van der Waals surface area contributed by atoms with Crippen LogP contribution >= 0.6 is 11.3 Å². The van der Waals surface area contributed by atoms with Crippen LogP contribution in [0.4, 0.5) is 5.13 Å². The molecule has 3 N–H and O–H groups in total. The van der Waals surface area contributed by atoms with E-state index in [9.17, 15) is 20.3 Å². The minimum absolute atomic E-state index is 0.135. The Morgan fingerprint density at radius 3 is 2.53 bits per heavy atom. The molecule has 1 aromatic heterocycles. The molecule has 0 aliphatic heterocycles. The van der Waals surface area contributed by atoms with Crippen molar-refractivity contribution in [1.29, 1.82) is 5.26 Å². The maximum atomic E-state index is 12.5. The van der Waals surface area contributed by atoms with Gasteiger partial charge in [-0.2, -0.15) is 5.26 Å². The van der Waals surface area contributed by atoms with E-state index in [1.807, 2.05) is 11.4 Å². The Labute approximate surface area is 190 Å². The number of carbonyl (C=O) groups is 1. The van der Waals surface area contributed by atoms with Crippen LogP contribution in [-0.2, 0) is 4.79 Å². The third-order valence-corrected chi connectivity index (χ3v) is 6.44. The molecule has 1 heterocycles. The van der Waals surface area contributed by atoms with Crippen LogP contribution in [0.2, 0.25) is 0 Å². The van der Waals surface area contributed by atoms with E-state index in [0.717, 1.165) is 11.3 Å². The number of aromatic hydroxyl groups is 2. The molecule has 1 fully saturated rings. The predicted molar refractivity (Wildman–Crippen MR) is 125 cm³/mol. The van der Waals surface area contributed by atoms with Crippen molar-refractivity contribution in [2.75, 3.05) is 5.32 Å². The molecule has 32 heavy (non-hydrogen) atoms. The summed E-state index contributed by atoms with van der Waals surface area (Å²) < 4.78 is 0. The van der Waals surface area contributed by atoms with Gasteiger partial charge in [0.2, 0.25) is 0 Å². The number of carbonyl (C=O) groups excluding carboxylic acids is 1. The van der Waals surface area contributed by atoms with Crippen molar-refractivity contribution < 1.29 is 15.0 Å². The number of aromatic nitrogens is 1. The van der Waals surface area contributed by atoms with Gasteiger partial charge >= 0.3 is 0 Å². The van der Waals surface area contributed by atoms with E-state index >= 15 is 0 Å². The maximum Gasteiger partial charge on any atom is 0.268 e. The first-order valence-electron chi connectivity index (χ1n) is 10.5. The van der Waals surface area contributed by atoms with Gasteiger partial charge in [-0.15, -0.1) is 11.3 Å². The zero-order valence-corrected chi connectivity index (χ0v) is 18.2. The first-order valence-corrected chi connectivity index (χ1v) is 11.4. The van der Waals surface area contributed by atoms with Crippen LogP contribution in [0.25, 0.3) is 17.3 Å². The molecule has 3 aromatic rings. The highest BCUT2D eigenvalue weighted by Gasteiger charge is 2.16. The van der Waals surface area contributed by atoms with E-state index in [-0.39, 0.29) is 17.1 Å². The Bertz CT molecular complexity index is 1190. The predicted octanol–water partition coefficient (Wildman–Crippen LogP) is 5.81. The zero-order chi connectivity index (χ0) is 22.5. The lowest BCUT2D eigenvalue weighted by Gasteiger charge is -2.22. The summed E-state index contributed by atoms with van der Waals surface area (Å²) in [4.78, 5) is 17.0. The van der Waals surface area contributed by atoms with E-state index in [1.54, 1.807) is 0 Å². The van der Waals surface area contributed by atoms with Crippen LogP contribution in [0.15, 0.2) is 53.4 Å². The van der Waals surface area contributed by atoms with E-state index in [4.69, 9.17) is 0 Å². The lowest BCUT2D eigenvalue weighted by Crippen LogP contribution is -2.13. The molecular formula is C25H23N3O3S. The summed E-state index contributed by atoms with van der Waals surface area (Å²) in [6.45, 7) is 0. The molecule has 0 radical (unpaired) electrons. The van der Waals surface area contributed by atoms with Gasteiger partial charge in [-0.1, -0.05) is 49.6 Å². The van der Waals surface area contributed by atoms with Crippen molar-refractivity contribution in [1.82, 2.24) is 4.98 Å². The normalized spacial score (nSPS) is 14.7. The van der Waals surface area contributed by atoms with Gasteiger partial charge in [0.25, 0.3) is 5.91 Å². The number of nitriles is 1. The molecule has 0 unspecified atom stereocenters. The summed E-state index contributed by atoms with van der Waals surface area (Å²) in [7, 11) is 0. The lowest BCUT2D eigenvalue weighted by molar-refractivity contribution is -0.112. The van der Waals surface area contributed by atoms with Crippen LogP contribution in [0.5, 0.6) is 11.5 Å². The van der Waals surface area contributed by atoms with Crippen molar-refractivity contribution in [3.63, 3.8) is 0 Å². The van der Waals surface area contributed by atoms with E-state index in [1.165, 1.54) is 73.3 Å². The Morgan fingerprint density at radius 2 is 1.84 bits per heavy atom. The molecule has 0 spiro atoms.